The maximum Gasteiger partial charge on any atom is 0.317 e. The van der Waals surface area contributed by atoms with Crippen LogP contribution in [0.5, 0.6) is 0 Å². The molecule has 1 aromatic carbocycles. The van der Waals surface area contributed by atoms with E-state index < -0.39 is 16.0 Å². The third-order valence-corrected chi connectivity index (χ3v) is 7.29. The summed E-state index contributed by atoms with van der Waals surface area (Å²) in [5.74, 6) is -0.775. The maximum atomic E-state index is 13.3. The molecule has 1 aliphatic rings. The van der Waals surface area contributed by atoms with E-state index >= 15 is 0 Å². The first-order valence-electron chi connectivity index (χ1n) is 9.47. The molecule has 1 unspecified atom stereocenters. The summed E-state index contributed by atoms with van der Waals surface area (Å²) in [6, 6.07) is 3.96. The number of carboxylic acids is 1. The molecule has 0 amide bonds. The Labute approximate surface area is 175 Å². The molecule has 28 heavy (non-hydrogen) atoms. The van der Waals surface area contributed by atoms with Crippen molar-refractivity contribution in [2.24, 2.45) is 5.92 Å². The Bertz CT molecular complexity index is 780. The summed E-state index contributed by atoms with van der Waals surface area (Å²) in [5, 5.41) is 11.6. The van der Waals surface area contributed by atoms with E-state index in [1.165, 1.54) is 0 Å². The van der Waals surface area contributed by atoms with Crippen LogP contribution in [-0.4, -0.2) is 50.0 Å². The third kappa shape index (κ3) is 5.92. The van der Waals surface area contributed by atoms with E-state index in [-0.39, 0.29) is 30.3 Å². The zero-order valence-corrected chi connectivity index (χ0v) is 19.0. The predicted molar refractivity (Wildman–Crippen MR) is 114 cm³/mol. The first-order chi connectivity index (χ1) is 12.4. The van der Waals surface area contributed by atoms with E-state index in [1.54, 1.807) is 4.31 Å². The fourth-order valence-corrected chi connectivity index (χ4v) is 5.68. The molecule has 0 spiro atoms. The zero-order valence-electron chi connectivity index (χ0n) is 17.4. The molecular formula is C20H33ClN2O4S. The smallest absolute Gasteiger partial charge is 0.317 e. The van der Waals surface area contributed by atoms with Crippen LogP contribution in [0.3, 0.4) is 0 Å². The van der Waals surface area contributed by atoms with Gasteiger partial charge in [0.05, 0.1) is 11.4 Å². The van der Waals surface area contributed by atoms with Gasteiger partial charge in [-0.25, -0.2) is 8.42 Å². The van der Waals surface area contributed by atoms with Crippen molar-refractivity contribution in [3.63, 3.8) is 0 Å². The Morgan fingerprint density at radius 3 is 2.32 bits per heavy atom. The number of carbonyl (C=O) groups is 1. The molecule has 0 saturated carbocycles. The lowest BCUT2D eigenvalue weighted by molar-refractivity contribution is -0.136. The summed E-state index contributed by atoms with van der Waals surface area (Å²) in [6.07, 6.45) is 1.69. The second-order valence-corrected chi connectivity index (χ2v) is 10.5. The number of nitrogens with zero attached hydrogens (tertiary/aromatic N) is 1. The van der Waals surface area contributed by atoms with E-state index in [1.807, 2.05) is 26.0 Å². The van der Waals surface area contributed by atoms with Gasteiger partial charge in [0.15, 0.2) is 0 Å². The molecule has 1 aliphatic heterocycles. The van der Waals surface area contributed by atoms with Gasteiger partial charge in [-0.2, -0.15) is 4.31 Å². The van der Waals surface area contributed by atoms with E-state index in [0.717, 1.165) is 29.5 Å². The minimum atomic E-state index is -3.57. The lowest BCUT2D eigenvalue weighted by Crippen LogP contribution is -2.43. The van der Waals surface area contributed by atoms with Crippen LogP contribution in [0.2, 0.25) is 0 Å². The number of aliphatic carboxylic acids is 1. The summed E-state index contributed by atoms with van der Waals surface area (Å²) >= 11 is 0. The highest BCUT2D eigenvalue weighted by Crippen LogP contribution is 2.32. The molecule has 0 aliphatic carbocycles. The van der Waals surface area contributed by atoms with Crippen molar-refractivity contribution in [3.8, 4) is 0 Å². The third-order valence-electron chi connectivity index (χ3n) is 5.12. The van der Waals surface area contributed by atoms with Crippen LogP contribution >= 0.6 is 12.4 Å². The van der Waals surface area contributed by atoms with Crippen molar-refractivity contribution < 1.29 is 18.3 Å². The number of carboxylic acid groups (broad SMARTS) is 1. The molecule has 0 radical (unpaired) electrons. The second kappa shape index (κ2) is 9.57. The first-order valence-corrected chi connectivity index (χ1v) is 10.9. The van der Waals surface area contributed by atoms with Crippen molar-refractivity contribution in [2.45, 2.75) is 57.8 Å². The Kier molecular flexibility index (Phi) is 8.50. The molecule has 1 heterocycles. The normalized spacial score (nSPS) is 18.5. The minimum Gasteiger partial charge on any atom is -0.480 e. The molecule has 6 nitrogen and oxygen atoms in total. The highest BCUT2D eigenvalue weighted by molar-refractivity contribution is 7.89. The first kappa shape index (κ1) is 24.9. The topological polar surface area (TPSA) is 86.7 Å². The van der Waals surface area contributed by atoms with Crippen LogP contribution in [0, 0.1) is 19.8 Å². The molecule has 160 valence electrons. The lowest BCUT2D eigenvalue weighted by atomic mass is 9.85. The predicted octanol–water partition coefficient (Wildman–Crippen LogP) is 3.10. The van der Waals surface area contributed by atoms with Gasteiger partial charge >= 0.3 is 5.97 Å². The van der Waals surface area contributed by atoms with Crippen molar-refractivity contribution in [1.82, 2.24) is 9.62 Å². The van der Waals surface area contributed by atoms with Gasteiger partial charge in [-0.15, -0.1) is 12.4 Å². The number of nitrogens with one attached hydrogen (secondary N) is 1. The van der Waals surface area contributed by atoms with Crippen molar-refractivity contribution in [2.75, 3.05) is 26.2 Å². The second-order valence-electron chi connectivity index (χ2n) is 8.59. The Hall–Kier alpha value is -1.15. The number of halogens is 1. The summed E-state index contributed by atoms with van der Waals surface area (Å²) in [6.45, 7) is 11.4. The van der Waals surface area contributed by atoms with Gasteiger partial charge < -0.3 is 10.4 Å². The number of aryl methyl sites for hydroxylation is 2. The summed E-state index contributed by atoms with van der Waals surface area (Å²) in [5.41, 5.74) is 2.66. The summed E-state index contributed by atoms with van der Waals surface area (Å²) in [4.78, 5) is 11.1. The molecule has 8 heteroatoms. The Balaban J connectivity index is 0.00000392. The monoisotopic (exact) mass is 432 g/mol. The fraction of sp³-hybridized carbons (Fsp3) is 0.650. The van der Waals surface area contributed by atoms with Gasteiger partial charge in [0.1, 0.15) is 0 Å². The van der Waals surface area contributed by atoms with Gasteiger partial charge in [0, 0.05) is 13.1 Å². The van der Waals surface area contributed by atoms with E-state index in [4.69, 9.17) is 5.11 Å². The van der Waals surface area contributed by atoms with Gasteiger partial charge in [-0.05, 0) is 61.3 Å². The Morgan fingerprint density at radius 2 is 1.82 bits per heavy atom. The number of sulfonamides is 1. The van der Waals surface area contributed by atoms with Crippen LogP contribution in [-0.2, 0) is 20.2 Å². The molecule has 1 saturated heterocycles. The highest BCUT2D eigenvalue weighted by Gasteiger charge is 2.32. The summed E-state index contributed by atoms with van der Waals surface area (Å²) < 4.78 is 28.2. The van der Waals surface area contributed by atoms with Crippen LogP contribution in [0.15, 0.2) is 17.0 Å². The fourth-order valence-electron chi connectivity index (χ4n) is 3.71. The number of rotatable bonds is 6. The van der Waals surface area contributed by atoms with Gasteiger partial charge in [-0.1, -0.05) is 32.9 Å². The molecule has 0 bridgehead atoms. The Morgan fingerprint density at radius 1 is 1.25 bits per heavy atom. The van der Waals surface area contributed by atoms with Crippen LogP contribution in [0.25, 0.3) is 0 Å². The van der Waals surface area contributed by atoms with Crippen molar-refractivity contribution in [3.05, 3.63) is 28.8 Å². The van der Waals surface area contributed by atoms with Crippen LogP contribution in [0.1, 0.15) is 50.3 Å². The molecule has 1 aromatic rings. The summed E-state index contributed by atoms with van der Waals surface area (Å²) in [7, 11) is -3.57. The van der Waals surface area contributed by atoms with Gasteiger partial charge in [0.2, 0.25) is 10.0 Å². The number of piperidine rings is 1. The lowest BCUT2D eigenvalue weighted by Gasteiger charge is -2.33. The van der Waals surface area contributed by atoms with Crippen molar-refractivity contribution >= 4 is 28.4 Å². The van der Waals surface area contributed by atoms with E-state index in [2.05, 4.69) is 26.1 Å². The quantitative estimate of drug-likeness (QED) is 0.721. The SMILES string of the molecule is Cc1cc(C(C)(C)C)cc(C)c1S(=O)(=O)N1CCCC(CNCC(=O)O)C1.Cl. The van der Waals surface area contributed by atoms with E-state index in [0.29, 0.717) is 24.5 Å². The average Bonchev–Trinajstić information content (AvgIpc) is 2.53. The zero-order chi connectivity index (χ0) is 20.4. The minimum absolute atomic E-state index is 0. The largest absolute Gasteiger partial charge is 0.480 e. The molecule has 1 fully saturated rings. The number of hydrogen-bond donors (Lipinski definition) is 2. The molecule has 1 atom stereocenters. The standard InChI is InChI=1S/C20H32N2O4S.ClH/c1-14-9-17(20(3,4)5)10-15(2)19(14)27(25,26)22-8-6-7-16(13-22)11-21-12-18(23)24;/h9-10,16,21H,6-8,11-13H2,1-5H3,(H,23,24);1H. The van der Waals surface area contributed by atoms with Gasteiger partial charge in [-0.3, -0.25) is 4.79 Å². The molecule has 0 aromatic heterocycles. The number of benzene rings is 1. The van der Waals surface area contributed by atoms with Crippen LogP contribution < -0.4 is 5.32 Å². The molecular weight excluding hydrogens is 400 g/mol. The highest BCUT2D eigenvalue weighted by atomic mass is 35.5. The van der Waals surface area contributed by atoms with Crippen LogP contribution in [0.4, 0.5) is 0 Å². The molecule has 2 rings (SSSR count). The van der Waals surface area contributed by atoms with Crippen molar-refractivity contribution in [1.29, 1.82) is 0 Å². The number of hydrogen-bond acceptors (Lipinski definition) is 4. The average molecular weight is 433 g/mol. The van der Waals surface area contributed by atoms with E-state index in [9.17, 15) is 13.2 Å². The molecule has 2 N–H and O–H groups in total. The van der Waals surface area contributed by atoms with Gasteiger partial charge in [0.25, 0.3) is 0 Å². The maximum absolute atomic E-state index is 13.3.